The maximum atomic E-state index is 5.93. The van der Waals surface area contributed by atoms with Crippen molar-refractivity contribution in [1.82, 2.24) is 10.6 Å². The molecule has 1 aromatic carbocycles. The number of ether oxygens (including phenoxy) is 1. The zero-order chi connectivity index (χ0) is 14.9. The number of para-hydroxylation sites is 1. The maximum absolute atomic E-state index is 5.93. The Bertz CT molecular complexity index is 461. The van der Waals surface area contributed by atoms with Gasteiger partial charge in [-0.2, -0.15) is 0 Å². The predicted molar refractivity (Wildman–Crippen MR) is 103 cm³/mol. The van der Waals surface area contributed by atoms with Crippen LogP contribution >= 0.6 is 24.0 Å². The Morgan fingerprint density at radius 2 is 2.05 bits per heavy atom. The summed E-state index contributed by atoms with van der Waals surface area (Å²) in [5.41, 5.74) is 1.18. The third-order valence-corrected chi connectivity index (χ3v) is 3.64. The van der Waals surface area contributed by atoms with E-state index in [0.29, 0.717) is 0 Å². The second-order valence-electron chi connectivity index (χ2n) is 5.57. The van der Waals surface area contributed by atoms with Gasteiger partial charge in [0.2, 0.25) is 0 Å². The van der Waals surface area contributed by atoms with Gasteiger partial charge in [0.25, 0.3) is 0 Å². The molecule has 0 heterocycles. The largest absolute Gasteiger partial charge is 0.493 e. The van der Waals surface area contributed by atoms with Crippen molar-refractivity contribution in [3.63, 3.8) is 0 Å². The molecule has 0 unspecified atom stereocenters. The van der Waals surface area contributed by atoms with E-state index >= 15 is 0 Å². The molecule has 0 aromatic heterocycles. The van der Waals surface area contributed by atoms with Crippen molar-refractivity contribution < 1.29 is 4.74 Å². The molecule has 1 aliphatic carbocycles. The van der Waals surface area contributed by atoms with Gasteiger partial charge in [-0.1, -0.05) is 31.5 Å². The van der Waals surface area contributed by atoms with Gasteiger partial charge in [0.15, 0.2) is 5.96 Å². The zero-order valence-corrected chi connectivity index (χ0v) is 15.9. The molecule has 1 saturated carbocycles. The van der Waals surface area contributed by atoms with E-state index in [4.69, 9.17) is 4.74 Å². The lowest BCUT2D eigenvalue weighted by molar-refractivity contribution is 0.296. The molecule has 22 heavy (non-hydrogen) atoms. The molecular formula is C17H28IN3O. The number of guanidine groups is 1. The molecule has 2 N–H and O–H groups in total. The Labute approximate surface area is 151 Å². The lowest BCUT2D eigenvalue weighted by atomic mass is 10.2. The molecular weight excluding hydrogens is 389 g/mol. The van der Waals surface area contributed by atoms with Crippen LogP contribution in [0, 0.1) is 5.92 Å². The van der Waals surface area contributed by atoms with Crippen LogP contribution in [0.4, 0.5) is 0 Å². The van der Waals surface area contributed by atoms with Gasteiger partial charge < -0.3 is 15.4 Å². The van der Waals surface area contributed by atoms with E-state index in [2.05, 4.69) is 28.6 Å². The number of benzene rings is 1. The summed E-state index contributed by atoms with van der Waals surface area (Å²) in [5.74, 6) is 2.61. The molecule has 0 spiro atoms. The normalized spacial score (nSPS) is 14.2. The van der Waals surface area contributed by atoms with Gasteiger partial charge in [0.05, 0.1) is 6.61 Å². The van der Waals surface area contributed by atoms with Crippen molar-refractivity contribution in [3.05, 3.63) is 29.8 Å². The van der Waals surface area contributed by atoms with Gasteiger partial charge in [-0.3, -0.25) is 4.99 Å². The van der Waals surface area contributed by atoms with Gasteiger partial charge in [-0.25, -0.2) is 0 Å². The molecule has 1 fully saturated rings. The number of unbranched alkanes of at least 4 members (excludes halogenated alkanes) is 1. The van der Waals surface area contributed by atoms with Crippen LogP contribution in [-0.4, -0.2) is 26.2 Å². The highest BCUT2D eigenvalue weighted by Crippen LogP contribution is 2.30. The van der Waals surface area contributed by atoms with Crippen LogP contribution < -0.4 is 15.4 Å². The molecule has 0 atom stereocenters. The molecule has 0 saturated heterocycles. The molecule has 1 aliphatic rings. The first-order chi connectivity index (χ1) is 10.3. The molecule has 0 radical (unpaired) electrons. The van der Waals surface area contributed by atoms with Gasteiger partial charge in [-0.15, -0.1) is 24.0 Å². The predicted octanol–water partition coefficient (Wildman–Crippen LogP) is 3.56. The number of nitrogens with one attached hydrogen (secondary N) is 2. The molecule has 0 aliphatic heterocycles. The van der Waals surface area contributed by atoms with Crippen molar-refractivity contribution in [2.45, 2.75) is 39.2 Å². The lowest BCUT2D eigenvalue weighted by Crippen LogP contribution is -2.37. The first kappa shape index (κ1) is 19.1. The minimum absolute atomic E-state index is 0. The average Bonchev–Trinajstić information content (AvgIpc) is 3.34. The average molecular weight is 417 g/mol. The van der Waals surface area contributed by atoms with Crippen molar-refractivity contribution in [1.29, 1.82) is 0 Å². The quantitative estimate of drug-likeness (QED) is 0.294. The molecule has 0 bridgehead atoms. The van der Waals surface area contributed by atoms with E-state index < -0.39 is 0 Å². The number of nitrogens with zero attached hydrogens (tertiary/aromatic N) is 1. The number of rotatable bonds is 8. The van der Waals surface area contributed by atoms with Crippen molar-refractivity contribution in [2.24, 2.45) is 10.9 Å². The van der Waals surface area contributed by atoms with E-state index in [-0.39, 0.29) is 24.0 Å². The van der Waals surface area contributed by atoms with Crippen LogP contribution in [0.5, 0.6) is 5.75 Å². The smallest absolute Gasteiger partial charge is 0.191 e. The Balaban J connectivity index is 0.00000242. The summed E-state index contributed by atoms with van der Waals surface area (Å²) in [6, 6.07) is 8.23. The van der Waals surface area contributed by atoms with E-state index in [1.165, 1.54) is 24.8 Å². The van der Waals surface area contributed by atoms with Crippen molar-refractivity contribution in [3.8, 4) is 5.75 Å². The second kappa shape index (κ2) is 10.7. The fourth-order valence-electron chi connectivity index (χ4n) is 2.07. The highest BCUT2D eigenvalue weighted by atomic mass is 127. The molecule has 1 aromatic rings. The summed E-state index contributed by atoms with van der Waals surface area (Å²) in [6.07, 6.45) is 4.96. The van der Waals surface area contributed by atoms with Crippen LogP contribution in [0.25, 0.3) is 0 Å². The third kappa shape index (κ3) is 6.85. The van der Waals surface area contributed by atoms with Crippen LogP contribution in [0.2, 0.25) is 0 Å². The number of aliphatic imine (C=N–C) groups is 1. The number of hydrogen-bond donors (Lipinski definition) is 2. The summed E-state index contributed by atoms with van der Waals surface area (Å²) in [5, 5.41) is 6.67. The Kier molecular flexibility index (Phi) is 9.27. The Morgan fingerprint density at radius 3 is 2.73 bits per heavy atom. The SMILES string of the molecule is CCCCNC(=NC)NCc1ccccc1OCC1CC1.I. The van der Waals surface area contributed by atoms with Crippen LogP contribution in [-0.2, 0) is 6.54 Å². The molecule has 4 nitrogen and oxygen atoms in total. The van der Waals surface area contributed by atoms with E-state index in [9.17, 15) is 0 Å². The van der Waals surface area contributed by atoms with E-state index in [1.54, 1.807) is 7.05 Å². The van der Waals surface area contributed by atoms with Gasteiger partial charge in [0, 0.05) is 25.7 Å². The standard InChI is InChI=1S/C17H27N3O.HI/c1-3-4-11-19-17(18-2)20-12-15-7-5-6-8-16(15)21-13-14-9-10-14;/h5-8,14H,3-4,9-13H2,1-2H3,(H2,18,19,20);1H. The minimum Gasteiger partial charge on any atom is -0.493 e. The summed E-state index contributed by atoms with van der Waals surface area (Å²) < 4.78 is 5.93. The van der Waals surface area contributed by atoms with Gasteiger partial charge in [-0.05, 0) is 31.2 Å². The van der Waals surface area contributed by atoms with E-state index in [1.807, 2.05) is 18.2 Å². The monoisotopic (exact) mass is 417 g/mol. The topological polar surface area (TPSA) is 45.7 Å². The van der Waals surface area contributed by atoms with E-state index in [0.717, 1.165) is 43.7 Å². The fraction of sp³-hybridized carbons (Fsp3) is 0.588. The maximum Gasteiger partial charge on any atom is 0.191 e. The molecule has 2 rings (SSSR count). The van der Waals surface area contributed by atoms with Crippen LogP contribution in [0.3, 0.4) is 0 Å². The number of halogens is 1. The molecule has 0 amide bonds. The van der Waals surface area contributed by atoms with Gasteiger partial charge in [0.1, 0.15) is 5.75 Å². The third-order valence-electron chi connectivity index (χ3n) is 3.64. The van der Waals surface area contributed by atoms with Crippen LogP contribution in [0.1, 0.15) is 38.2 Å². The zero-order valence-electron chi connectivity index (χ0n) is 13.6. The van der Waals surface area contributed by atoms with Crippen molar-refractivity contribution >= 4 is 29.9 Å². The fourth-order valence-corrected chi connectivity index (χ4v) is 2.07. The van der Waals surface area contributed by atoms with Gasteiger partial charge >= 0.3 is 0 Å². The van der Waals surface area contributed by atoms with Crippen molar-refractivity contribution in [2.75, 3.05) is 20.2 Å². The molecule has 5 heteroatoms. The second-order valence-corrected chi connectivity index (χ2v) is 5.57. The lowest BCUT2D eigenvalue weighted by Gasteiger charge is -2.14. The first-order valence-corrected chi connectivity index (χ1v) is 7.98. The van der Waals surface area contributed by atoms with Crippen LogP contribution in [0.15, 0.2) is 29.3 Å². The summed E-state index contributed by atoms with van der Waals surface area (Å²) >= 11 is 0. The Hall–Kier alpha value is -0.980. The minimum atomic E-state index is 0. The summed E-state index contributed by atoms with van der Waals surface area (Å²) in [4.78, 5) is 4.24. The highest BCUT2D eigenvalue weighted by Gasteiger charge is 2.22. The first-order valence-electron chi connectivity index (χ1n) is 7.98. The summed E-state index contributed by atoms with van der Waals surface area (Å²) in [7, 11) is 1.80. The molecule has 124 valence electrons. The highest BCUT2D eigenvalue weighted by molar-refractivity contribution is 14.0. The Morgan fingerprint density at radius 1 is 1.27 bits per heavy atom. The number of hydrogen-bond acceptors (Lipinski definition) is 2. The summed E-state index contributed by atoms with van der Waals surface area (Å²) in [6.45, 7) is 4.72.